The number of carboxylic acid groups (broad SMARTS) is 1. The molecule has 1 heterocycles. The number of hydrogen-bond donors (Lipinski definition) is 2. The molecular weight excluding hydrogens is 306 g/mol. The van der Waals surface area contributed by atoms with Crippen molar-refractivity contribution in [3.05, 3.63) is 54.3 Å². The maximum Gasteiger partial charge on any atom is 0.371 e. The third-order valence-electron chi connectivity index (χ3n) is 4.70. The summed E-state index contributed by atoms with van der Waals surface area (Å²) in [7, 11) is 0. The van der Waals surface area contributed by atoms with E-state index in [1.807, 2.05) is 6.92 Å². The van der Waals surface area contributed by atoms with Crippen molar-refractivity contribution < 1.29 is 19.1 Å². The number of furan rings is 1. The van der Waals surface area contributed by atoms with Gasteiger partial charge in [0.2, 0.25) is 11.7 Å². The number of carbonyl (C=O) groups is 2. The summed E-state index contributed by atoms with van der Waals surface area (Å²) in [5, 5.41) is 11.8. The average molecular weight is 325 g/mol. The predicted molar refractivity (Wildman–Crippen MR) is 90.8 cm³/mol. The molecule has 1 aromatic heterocycles. The van der Waals surface area contributed by atoms with Crippen molar-refractivity contribution >= 4 is 17.6 Å². The number of rotatable bonds is 5. The van der Waals surface area contributed by atoms with Crippen LogP contribution in [0.1, 0.15) is 36.7 Å². The highest BCUT2D eigenvalue weighted by Crippen LogP contribution is 2.47. The first kappa shape index (κ1) is 16.1. The summed E-state index contributed by atoms with van der Waals surface area (Å²) >= 11 is 0. The van der Waals surface area contributed by atoms with Gasteiger partial charge in [-0.3, -0.25) is 4.79 Å². The molecule has 0 saturated heterocycles. The molecule has 2 aromatic rings. The Morgan fingerprint density at radius 1 is 1.17 bits per heavy atom. The van der Waals surface area contributed by atoms with Crippen LogP contribution in [0.3, 0.4) is 0 Å². The summed E-state index contributed by atoms with van der Waals surface area (Å²) in [5.74, 6) is -0.741. The van der Waals surface area contributed by atoms with E-state index < -0.39 is 11.4 Å². The van der Waals surface area contributed by atoms with Crippen LogP contribution in [-0.4, -0.2) is 17.0 Å². The van der Waals surface area contributed by atoms with Gasteiger partial charge in [0.15, 0.2) is 0 Å². The first-order valence-electron chi connectivity index (χ1n) is 7.83. The molecule has 3 rings (SSSR count). The van der Waals surface area contributed by atoms with Gasteiger partial charge >= 0.3 is 5.97 Å². The predicted octanol–water partition coefficient (Wildman–Crippen LogP) is 4.33. The molecule has 124 valence electrons. The van der Waals surface area contributed by atoms with Crippen LogP contribution in [0.5, 0.6) is 0 Å². The highest BCUT2D eigenvalue weighted by Gasteiger charge is 2.44. The van der Waals surface area contributed by atoms with Crippen LogP contribution in [0, 0.1) is 5.41 Å². The molecule has 24 heavy (non-hydrogen) atoms. The van der Waals surface area contributed by atoms with Crippen molar-refractivity contribution in [2.45, 2.75) is 26.2 Å². The SMILES string of the molecule is C=C(C)C1(C(=O)Nc2ccc(-c3ccc(C(=O)O)o3)cc2)CCC1. The van der Waals surface area contributed by atoms with E-state index in [4.69, 9.17) is 9.52 Å². The molecule has 1 aliphatic carbocycles. The first-order valence-corrected chi connectivity index (χ1v) is 7.83. The number of carboxylic acids is 1. The highest BCUT2D eigenvalue weighted by atomic mass is 16.4. The third kappa shape index (κ3) is 2.73. The molecule has 0 aliphatic heterocycles. The molecule has 0 spiro atoms. The average Bonchev–Trinajstić information content (AvgIpc) is 2.96. The second-order valence-corrected chi connectivity index (χ2v) is 6.22. The fourth-order valence-corrected chi connectivity index (χ4v) is 2.95. The van der Waals surface area contributed by atoms with Gasteiger partial charge in [0, 0.05) is 11.3 Å². The van der Waals surface area contributed by atoms with E-state index in [0.29, 0.717) is 11.4 Å². The summed E-state index contributed by atoms with van der Waals surface area (Å²) in [6, 6.07) is 10.2. The van der Waals surface area contributed by atoms with Gasteiger partial charge in [-0.15, -0.1) is 0 Å². The highest BCUT2D eigenvalue weighted by molar-refractivity contribution is 5.98. The molecule has 0 unspecified atom stereocenters. The molecule has 1 saturated carbocycles. The zero-order chi connectivity index (χ0) is 17.3. The van der Waals surface area contributed by atoms with E-state index in [2.05, 4.69) is 11.9 Å². The Morgan fingerprint density at radius 2 is 1.83 bits per heavy atom. The van der Waals surface area contributed by atoms with Crippen molar-refractivity contribution in [3.8, 4) is 11.3 Å². The molecule has 1 aliphatic rings. The lowest BCUT2D eigenvalue weighted by Crippen LogP contribution is -2.42. The molecule has 1 fully saturated rings. The van der Waals surface area contributed by atoms with Gasteiger partial charge in [-0.2, -0.15) is 0 Å². The van der Waals surface area contributed by atoms with Crippen LogP contribution in [0.25, 0.3) is 11.3 Å². The largest absolute Gasteiger partial charge is 0.475 e. The molecule has 5 nitrogen and oxygen atoms in total. The Morgan fingerprint density at radius 3 is 2.29 bits per heavy atom. The number of hydrogen-bond acceptors (Lipinski definition) is 3. The maximum absolute atomic E-state index is 12.5. The number of benzene rings is 1. The Kier molecular flexibility index (Phi) is 4.01. The topological polar surface area (TPSA) is 79.5 Å². The lowest BCUT2D eigenvalue weighted by molar-refractivity contribution is -0.127. The Labute approximate surface area is 140 Å². The molecule has 0 atom stereocenters. The first-order chi connectivity index (χ1) is 11.4. The molecule has 1 aromatic carbocycles. The van der Waals surface area contributed by atoms with Gasteiger partial charge in [-0.25, -0.2) is 4.79 Å². The minimum Gasteiger partial charge on any atom is -0.475 e. The lowest BCUT2D eigenvalue weighted by atomic mass is 9.64. The third-order valence-corrected chi connectivity index (χ3v) is 4.70. The van der Waals surface area contributed by atoms with Gasteiger partial charge in [-0.05, 0) is 56.2 Å². The number of anilines is 1. The van der Waals surface area contributed by atoms with Crippen molar-refractivity contribution in [1.29, 1.82) is 0 Å². The van der Waals surface area contributed by atoms with E-state index in [0.717, 1.165) is 30.4 Å². The summed E-state index contributed by atoms with van der Waals surface area (Å²) in [4.78, 5) is 23.4. The molecule has 2 N–H and O–H groups in total. The summed E-state index contributed by atoms with van der Waals surface area (Å²) in [6.45, 7) is 5.86. The normalized spacial score (nSPS) is 15.4. The van der Waals surface area contributed by atoms with Gasteiger partial charge in [0.25, 0.3) is 0 Å². The van der Waals surface area contributed by atoms with Crippen molar-refractivity contribution in [2.24, 2.45) is 5.41 Å². The monoisotopic (exact) mass is 325 g/mol. The number of nitrogens with one attached hydrogen (secondary N) is 1. The van der Waals surface area contributed by atoms with Crippen molar-refractivity contribution in [3.63, 3.8) is 0 Å². The van der Waals surface area contributed by atoms with E-state index in [1.54, 1.807) is 30.3 Å². The number of carbonyl (C=O) groups excluding carboxylic acids is 1. The van der Waals surface area contributed by atoms with Gasteiger partial charge in [-0.1, -0.05) is 18.6 Å². The van der Waals surface area contributed by atoms with Crippen LogP contribution >= 0.6 is 0 Å². The zero-order valence-electron chi connectivity index (χ0n) is 13.5. The Bertz CT molecular complexity index is 797. The smallest absolute Gasteiger partial charge is 0.371 e. The maximum atomic E-state index is 12.5. The van der Waals surface area contributed by atoms with Gasteiger partial charge in [0.05, 0.1) is 5.41 Å². The number of aromatic carboxylic acids is 1. The van der Waals surface area contributed by atoms with Crippen molar-refractivity contribution in [2.75, 3.05) is 5.32 Å². The molecular formula is C19H19NO4. The second kappa shape index (κ2) is 6.00. The van der Waals surface area contributed by atoms with E-state index in [9.17, 15) is 9.59 Å². The van der Waals surface area contributed by atoms with Crippen LogP contribution in [0.4, 0.5) is 5.69 Å². The lowest BCUT2D eigenvalue weighted by Gasteiger charge is -2.40. The minimum atomic E-state index is -1.10. The van der Waals surface area contributed by atoms with E-state index >= 15 is 0 Å². The Hall–Kier alpha value is -2.82. The fraction of sp³-hybridized carbons (Fsp3) is 0.263. The van der Waals surface area contributed by atoms with E-state index in [1.165, 1.54) is 6.07 Å². The van der Waals surface area contributed by atoms with Crippen molar-refractivity contribution in [1.82, 2.24) is 0 Å². The van der Waals surface area contributed by atoms with Crippen LogP contribution in [-0.2, 0) is 4.79 Å². The molecule has 0 radical (unpaired) electrons. The van der Waals surface area contributed by atoms with Gasteiger partial charge < -0.3 is 14.8 Å². The standard InChI is InChI=1S/C19H19NO4/c1-12(2)19(10-3-11-19)18(23)20-14-6-4-13(5-7-14)15-8-9-16(24-15)17(21)22/h4-9H,1,3,10-11H2,2H3,(H,20,23)(H,21,22). The fourth-order valence-electron chi connectivity index (χ4n) is 2.95. The van der Waals surface area contributed by atoms with Gasteiger partial charge in [0.1, 0.15) is 5.76 Å². The summed E-state index contributed by atoms with van der Waals surface area (Å²) in [6.07, 6.45) is 2.73. The zero-order valence-corrected chi connectivity index (χ0v) is 13.5. The number of amides is 1. The molecule has 1 amide bonds. The second-order valence-electron chi connectivity index (χ2n) is 6.22. The summed E-state index contributed by atoms with van der Waals surface area (Å²) in [5.41, 5.74) is 1.91. The minimum absolute atomic E-state index is 0.0137. The Balaban J connectivity index is 1.73. The molecule has 5 heteroatoms. The van der Waals surface area contributed by atoms with Crippen LogP contribution in [0.15, 0.2) is 53.0 Å². The van der Waals surface area contributed by atoms with Crippen LogP contribution < -0.4 is 5.32 Å². The summed E-state index contributed by atoms with van der Waals surface area (Å²) < 4.78 is 5.27. The molecule has 0 bridgehead atoms. The van der Waals surface area contributed by atoms with Crippen LogP contribution in [0.2, 0.25) is 0 Å². The van der Waals surface area contributed by atoms with E-state index in [-0.39, 0.29) is 11.7 Å². The quantitative estimate of drug-likeness (QED) is 0.802.